The van der Waals surface area contributed by atoms with Gasteiger partial charge in [-0.25, -0.2) is 17.5 Å². The largest absolute Gasteiger partial charge is 0.495 e. The van der Waals surface area contributed by atoms with E-state index in [2.05, 4.69) is 15.3 Å². The Hall–Kier alpha value is -2.52. The average molecular weight is 425 g/mol. The third-order valence-electron chi connectivity index (χ3n) is 4.19. The van der Waals surface area contributed by atoms with Crippen molar-refractivity contribution in [1.82, 2.24) is 20.0 Å². The van der Waals surface area contributed by atoms with Crippen LogP contribution in [0.3, 0.4) is 0 Å². The molecule has 0 atom stereocenters. The zero-order valence-electron chi connectivity index (χ0n) is 15.4. The first-order valence-electron chi connectivity index (χ1n) is 8.33. The molecule has 0 aliphatic carbocycles. The highest BCUT2D eigenvalue weighted by molar-refractivity contribution is 7.91. The van der Waals surface area contributed by atoms with Crippen LogP contribution < -0.4 is 4.74 Å². The van der Waals surface area contributed by atoms with Gasteiger partial charge in [0.2, 0.25) is 0 Å². The van der Waals surface area contributed by atoms with Crippen LogP contribution in [0.4, 0.5) is 4.39 Å². The van der Waals surface area contributed by atoms with Crippen LogP contribution in [0.15, 0.2) is 36.8 Å². The highest BCUT2D eigenvalue weighted by Gasteiger charge is 2.23. The predicted octanol–water partition coefficient (Wildman–Crippen LogP) is 3.45. The second-order valence-corrected chi connectivity index (χ2v) is 9.35. The Morgan fingerprint density at radius 3 is 2.71 bits per heavy atom. The molecular weight excluding hydrogens is 407 g/mol. The Labute approximate surface area is 167 Å². The Balaban J connectivity index is 2.02. The lowest BCUT2D eigenvalue weighted by Crippen LogP contribution is -2.17. The Kier molecular flexibility index (Phi) is 5.66. The lowest BCUT2D eigenvalue weighted by Gasteiger charge is -2.12. The molecule has 7 nitrogen and oxygen atoms in total. The normalized spacial score (nSPS) is 11.8. The Morgan fingerprint density at radius 1 is 1.29 bits per heavy atom. The van der Waals surface area contributed by atoms with Crippen LogP contribution in [-0.4, -0.2) is 40.8 Å². The molecule has 0 aliphatic heterocycles. The zero-order chi connectivity index (χ0) is 20.5. The smallest absolute Gasteiger partial charge is 0.156 e. The zero-order valence-corrected chi connectivity index (χ0v) is 17.0. The fourth-order valence-electron chi connectivity index (χ4n) is 2.46. The third-order valence-corrected chi connectivity index (χ3v) is 6.64. The summed E-state index contributed by atoms with van der Waals surface area (Å²) in [7, 11) is -1.96. The van der Waals surface area contributed by atoms with Gasteiger partial charge >= 0.3 is 0 Å². The van der Waals surface area contributed by atoms with Crippen LogP contribution in [0.5, 0.6) is 5.75 Å². The number of ether oxygens (including phenoxy) is 1. The number of nitrogens with zero attached hydrogens (tertiary/aromatic N) is 4. The molecule has 0 fully saturated rings. The number of hydrogen-bond acceptors (Lipinski definition) is 6. The summed E-state index contributed by atoms with van der Waals surface area (Å²) < 4.78 is 45.7. The number of sulfone groups is 1. The van der Waals surface area contributed by atoms with E-state index in [0.717, 1.165) is 0 Å². The number of rotatable bonds is 6. The quantitative estimate of drug-likeness (QED) is 0.602. The molecule has 0 aliphatic rings. The maximum absolute atomic E-state index is 15.1. The maximum atomic E-state index is 15.1. The van der Waals surface area contributed by atoms with E-state index in [1.54, 1.807) is 32.3 Å². The number of pyridine rings is 1. The molecule has 10 heteroatoms. The maximum Gasteiger partial charge on any atom is 0.156 e. The van der Waals surface area contributed by atoms with Crippen molar-refractivity contribution in [3.8, 4) is 22.7 Å². The van der Waals surface area contributed by atoms with Crippen molar-refractivity contribution in [3.05, 3.63) is 53.2 Å². The van der Waals surface area contributed by atoms with Gasteiger partial charge in [0.1, 0.15) is 17.1 Å². The number of methoxy groups -OCH3 is 1. The monoisotopic (exact) mass is 424 g/mol. The minimum absolute atomic E-state index is 0.0215. The molecule has 3 rings (SSSR count). The molecule has 0 unspecified atom stereocenters. The van der Waals surface area contributed by atoms with Crippen molar-refractivity contribution < 1.29 is 17.5 Å². The van der Waals surface area contributed by atoms with Gasteiger partial charge in [-0.2, -0.15) is 0 Å². The van der Waals surface area contributed by atoms with Crippen molar-refractivity contribution in [3.63, 3.8) is 0 Å². The van der Waals surface area contributed by atoms with Crippen LogP contribution in [0, 0.1) is 5.82 Å². The van der Waals surface area contributed by atoms with E-state index < -0.39 is 26.7 Å². The fraction of sp³-hybridized carbons (Fsp3) is 0.278. The first-order chi connectivity index (χ1) is 13.2. The summed E-state index contributed by atoms with van der Waals surface area (Å²) in [4.78, 5) is 4.05. The van der Waals surface area contributed by atoms with Crippen molar-refractivity contribution in [2.45, 2.75) is 24.9 Å². The van der Waals surface area contributed by atoms with Gasteiger partial charge in [0, 0.05) is 17.3 Å². The van der Waals surface area contributed by atoms with Gasteiger partial charge in [-0.3, -0.25) is 4.98 Å². The van der Waals surface area contributed by atoms with Gasteiger partial charge < -0.3 is 4.74 Å². The lowest BCUT2D eigenvalue weighted by molar-refractivity contribution is 0.413. The van der Waals surface area contributed by atoms with E-state index in [4.69, 9.17) is 16.3 Å². The summed E-state index contributed by atoms with van der Waals surface area (Å²) in [6.45, 7) is 3.10. The Morgan fingerprint density at radius 2 is 2.04 bits per heavy atom. The summed E-state index contributed by atoms with van der Waals surface area (Å²) >= 11 is 6.16. The van der Waals surface area contributed by atoms with E-state index in [-0.39, 0.29) is 16.3 Å². The van der Waals surface area contributed by atoms with Crippen LogP contribution in [0.2, 0.25) is 5.02 Å². The minimum Gasteiger partial charge on any atom is -0.495 e. The standard InChI is InChI=1S/C18H18ClFN4O3S/c1-11(2)28(25,26)10-12-4-5-15(19)18(17(12)20)24-9-16(22-23-24)13-6-14(27-3)8-21-7-13/h4-9,11H,10H2,1-3H3. The van der Waals surface area contributed by atoms with E-state index in [1.165, 1.54) is 30.1 Å². The molecule has 2 heterocycles. The SMILES string of the molecule is COc1cncc(-c2cn(-c3c(Cl)ccc(CS(=O)(=O)C(C)C)c3F)nn2)c1. The minimum atomic E-state index is -3.48. The summed E-state index contributed by atoms with van der Waals surface area (Å²) in [6, 6.07) is 4.52. The molecule has 0 saturated carbocycles. The highest BCUT2D eigenvalue weighted by atomic mass is 35.5. The van der Waals surface area contributed by atoms with Gasteiger partial charge in [-0.15, -0.1) is 5.10 Å². The fourth-order valence-corrected chi connectivity index (χ4v) is 3.69. The number of benzene rings is 1. The molecule has 0 N–H and O–H groups in total. The number of hydrogen-bond donors (Lipinski definition) is 0. The van der Waals surface area contributed by atoms with Gasteiger partial charge in [0.15, 0.2) is 15.7 Å². The number of aromatic nitrogens is 4. The summed E-state index contributed by atoms with van der Waals surface area (Å²) in [5, 5.41) is 7.43. The molecule has 0 radical (unpaired) electrons. The molecule has 0 amide bonds. The van der Waals surface area contributed by atoms with E-state index in [0.29, 0.717) is 17.0 Å². The van der Waals surface area contributed by atoms with Crippen LogP contribution in [0.25, 0.3) is 16.9 Å². The summed E-state index contributed by atoms with van der Waals surface area (Å²) in [6.07, 6.45) is 4.60. The van der Waals surface area contributed by atoms with Gasteiger partial charge in [0.05, 0.1) is 35.5 Å². The van der Waals surface area contributed by atoms with Crippen molar-refractivity contribution >= 4 is 21.4 Å². The van der Waals surface area contributed by atoms with Gasteiger partial charge in [-0.1, -0.05) is 22.9 Å². The first-order valence-corrected chi connectivity index (χ1v) is 10.4. The molecule has 3 aromatic rings. The van der Waals surface area contributed by atoms with Gasteiger partial charge in [-0.05, 0) is 26.0 Å². The molecule has 0 spiro atoms. The lowest BCUT2D eigenvalue weighted by atomic mass is 10.2. The summed E-state index contributed by atoms with van der Waals surface area (Å²) in [5.41, 5.74) is 1.02. The molecule has 148 valence electrons. The third kappa shape index (κ3) is 4.00. The van der Waals surface area contributed by atoms with Gasteiger partial charge in [0.25, 0.3) is 0 Å². The molecular formula is C18H18ClFN4O3S. The van der Waals surface area contributed by atoms with Crippen molar-refractivity contribution in [2.24, 2.45) is 0 Å². The molecule has 2 aromatic heterocycles. The van der Waals surface area contributed by atoms with Crippen LogP contribution in [-0.2, 0) is 15.6 Å². The summed E-state index contributed by atoms with van der Waals surface area (Å²) in [5.74, 6) is -0.642. The van der Waals surface area contributed by atoms with Crippen LogP contribution in [0.1, 0.15) is 19.4 Å². The second-order valence-electron chi connectivity index (χ2n) is 6.39. The second kappa shape index (κ2) is 7.84. The molecule has 1 aromatic carbocycles. The van der Waals surface area contributed by atoms with Crippen LogP contribution >= 0.6 is 11.6 Å². The Bertz CT molecular complexity index is 1120. The highest BCUT2D eigenvalue weighted by Crippen LogP contribution is 2.29. The van der Waals surface area contributed by atoms with E-state index in [1.807, 2.05) is 0 Å². The predicted molar refractivity (Wildman–Crippen MR) is 104 cm³/mol. The molecule has 28 heavy (non-hydrogen) atoms. The molecule has 0 bridgehead atoms. The number of halogens is 2. The first kappa shape index (κ1) is 20.2. The van der Waals surface area contributed by atoms with E-state index in [9.17, 15) is 8.42 Å². The molecule has 0 saturated heterocycles. The van der Waals surface area contributed by atoms with Crippen molar-refractivity contribution in [1.29, 1.82) is 0 Å². The van der Waals surface area contributed by atoms with Crippen molar-refractivity contribution in [2.75, 3.05) is 7.11 Å². The average Bonchev–Trinajstić information content (AvgIpc) is 3.14. The topological polar surface area (TPSA) is 87.0 Å². The van der Waals surface area contributed by atoms with E-state index >= 15 is 4.39 Å².